The Morgan fingerprint density at radius 3 is 2.60 bits per heavy atom. The summed E-state index contributed by atoms with van der Waals surface area (Å²) in [4.78, 5) is 16.6. The van der Waals surface area contributed by atoms with Gasteiger partial charge in [-0.25, -0.2) is 4.98 Å². The zero-order valence-corrected chi connectivity index (χ0v) is 15.8. The first-order chi connectivity index (χ1) is 12.0. The maximum atomic E-state index is 12.4. The fourth-order valence-electron chi connectivity index (χ4n) is 2.37. The molecule has 0 saturated heterocycles. The first-order valence-electron chi connectivity index (χ1n) is 7.28. The highest BCUT2D eigenvalue weighted by Crippen LogP contribution is 2.34. The van der Waals surface area contributed by atoms with Crippen LogP contribution in [0.4, 0.5) is 5.69 Å². The number of ether oxygens (including phenoxy) is 1. The highest BCUT2D eigenvalue weighted by atomic mass is 79.9. The van der Waals surface area contributed by atoms with Crippen LogP contribution in [0.1, 0.15) is 10.4 Å². The molecule has 3 rings (SSSR count). The summed E-state index contributed by atoms with van der Waals surface area (Å²) in [6.07, 6.45) is 3.23. The zero-order chi connectivity index (χ0) is 18.0. The third kappa shape index (κ3) is 3.67. The lowest BCUT2D eigenvalue weighted by Crippen LogP contribution is -2.12. The second kappa shape index (κ2) is 7.25. The van der Waals surface area contributed by atoms with Gasteiger partial charge in [-0.15, -0.1) is 0 Å². The Morgan fingerprint density at radius 1 is 1.28 bits per heavy atom. The smallest absolute Gasteiger partial charge is 0.255 e. The number of aryl methyl sites for hydroxylation is 1. The number of benzene rings is 1. The Labute approximate surface area is 157 Å². The van der Waals surface area contributed by atoms with E-state index in [4.69, 9.17) is 16.3 Å². The van der Waals surface area contributed by atoms with E-state index in [1.54, 1.807) is 54.5 Å². The molecule has 0 atom stereocenters. The maximum absolute atomic E-state index is 12.4. The molecule has 2 heterocycles. The molecule has 128 valence electrons. The Balaban J connectivity index is 1.94. The van der Waals surface area contributed by atoms with Gasteiger partial charge >= 0.3 is 0 Å². The number of carbonyl (C=O) groups is 1. The van der Waals surface area contributed by atoms with E-state index < -0.39 is 0 Å². The second-order valence-corrected chi connectivity index (χ2v) is 6.50. The van der Waals surface area contributed by atoms with E-state index in [0.29, 0.717) is 27.7 Å². The van der Waals surface area contributed by atoms with Crippen molar-refractivity contribution in [3.63, 3.8) is 0 Å². The zero-order valence-electron chi connectivity index (χ0n) is 13.5. The average molecular weight is 422 g/mol. The van der Waals surface area contributed by atoms with Crippen LogP contribution in [0.25, 0.3) is 11.3 Å². The molecule has 0 aliphatic carbocycles. The Hall–Kier alpha value is -2.38. The summed E-state index contributed by atoms with van der Waals surface area (Å²) in [7, 11) is 3.36. The van der Waals surface area contributed by atoms with Crippen molar-refractivity contribution in [2.75, 3.05) is 12.4 Å². The van der Waals surface area contributed by atoms with Crippen LogP contribution in [0.5, 0.6) is 5.88 Å². The molecule has 1 amide bonds. The van der Waals surface area contributed by atoms with Gasteiger partial charge in [-0.2, -0.15) is 5.10 Å². The molecule has 0 saturated carbocycles. The number of nitrogens with one attached hydrogen (secondary N) is 1. The van der Waals surface area contributed by atoms with Gasteiger partial charge < -0.3 is 10.1 Å². The van der Waals surface area contributed by atoms with Crippen molar-refractivity contribution in [3.05, 3.63) is 57.8 Å². The lowest BCUT2D eigenvalue weighted by molar-refractivity contribution is 0.102. The summed E-state index contributed by atoms with van der Waals surface area (Å²) in [5, 5.41) is 7.60. The molecular weight excluding hydrogens is 408 g/mol. The average Bonchev–Trinajstić information content (AvgIpc) is 2.94. The number of hydrogen-bond donors (Lipinski definition) is 1. The monoisotopic (exact) mass is 420 g/mol. The van der Waals surface area contributed by atoms with E-state index in [0.717, 1.165) is 10.2 Å². The molecule has 2 aromatic heterocycles. The lowest BCUT2D eigenvalue weighted by atomic mass is 10.1. The van der Waals surface area contributed by atoms with Crippen LogP contribution in [0.2, 0.25) is 5.02 Å². The van der Waals surface area contributed by atoms with Gasteiger partial charge in [-0.3, -0.25) is 9.48 Å². The molecule has 0 aliphatic rings. The van der Waals surface area contributed by atoms with Crippen molar-refractivity contribution >= 4 is 39.1 Å². The van der Waals surface area contributed by atoms with E-state index in [1.165, 1.54) is 0 Å². The molecule has 0 spiro atoms. The number of aromatic nitrogens is 3. The minimum absolute atomic E-state index is 0.251. The third-order valence-corrected chi connectivity index (χ3v) is 4.39. The number of methoxy groups -OCH3 is 1. The quantitative estimate of drug-likeness (QED) is 0.687. The summed E-state index contributed by atoms with van der Waals surface area (Å²) in [6, 6.07) is 8.45. The number of pyridine rings is 1. The Morgan fingerprint density at radius 2 is 2.00 bits per heavy atom. The molecule has 0 fully saturated rings. The molecule has 3 aromatic rings. The SMILES string of the molecule is COc1ncc(NC(=O)c2ccc(Cl)cc2)cc1-c1c(Br)cnn1C. The van der Waals surface area contributed by atoms with Crippen molar-refractivity contribution in [1.82, 2.24) is 14.8 Å². The standard InChI is InChI=1S/C17H14BrClN4O2/c1-23-15(14(18)9-21-23)13-7-12(8-20-17(13)25-2)22-16(24)10-3-5-11(19)6-4-10/h3-9H,1-2H3,(H,22,24). The van der Waals surface area contributed by atoms with E-state index in [-0.39, 0.29) is 5.91 Å². The molecule has 25 heavy (non-hydrogen) atoms. The largest absolute Gasteiger partial charge is 0.481 e. The normalized spacial score (nSPS) is 10.6. The van der Waals surface area contributed by atoms with Gasteiger partial charge in [0.05, 0.1) is 40.9 Å². The van der Waals surface area contributed by atoms with E-state index in [1.807, 2.05) is 7.05 Å². The van der Waals surface area contributed by atoms with Crippen molar-refractivity contribution in [2.24, 2.45) is 7.05 Å². The summed E-state index contributed by atoms with van der Waals surface area (Å²) < 4.78 is 7.84. The molecule has 0 radical (unpaired) electrons. The topological polar surface area (TPSA) is 69.0 Å². The number of halogens is 2. The number of rotatable bonds is 4. The van der Waals surface area contributed by atoms with Crippen LogP contribution in [0.15, 0.2) is 47.2 Å². The lowest BCUT2D eigenvalue weighted by Gasteiger charge is -2.11. The maximum Gasteiger partial charge on any atom is 0.255 e. The minimum Gasteiger partial charge on any atom is -0.481 e. The second-order valence-electron chi connectivity index (χ2n) is 5.21. The van der Waals surface area contributed by atoms with Gasteiger partial charge in [-0.05, 0) is 46.3 Å². The van der Waals surface area contributed by atoms with Crippen molar-refractivity contribution in [2.45, 2.75) is 0 Å². The number of nitrogens with zero attached hydrogens (tertiary/aromatic N) is 3. The molecule has 0 aliphatic heterocycles. The van der Waals surface area contributed by atoms with Crippen LogP contribution in [0.3, 0.4) is 0 Å². The summed E-state index contributed by atoms with van der Waals surface area (Å²) in [6.45, 7) is 0. The van der Waals surface area contributed by atoms with E-state index >= 15 is 0 Å². The first-order valence-corrected chi connectivity index (χ1v) is 8.45. The van der Waals surface area contributed by atoms with Gasteiger partial charge in [0.1, 0.15) is 0 Å². The molecule has 6 nitrogen and oxygen atoms in total. The molecular formula is C17H14BrClN4O2. The number of anilines is 1. The number of hydrogen-bond acceptors (Lipinski definition) is 4. The third-order valence-electron chi connectivity index (χ3n) is 3.56. The Kier molecular flexibility index (Phi) is 5.06. The van der Waals surface area contributed by atoms with Crippen molar-refractivity contribution in [3.8, 4) is 17.1 Å². The minimum atomic E-state index is -0.251. The van der Waals surface area contributed by atoms with Crippen LogP contribution < -0.4 is 10.1 Å². The molecule has 0 bridgehead atoms. The fraction of sp³-hybridized carbons (Fsp3) is 0.118. The molecule has 1 aromatic carbocycles. The Bertz CT molecular complexity index is 905. The van der Waals surface area contributed by atoms with Crippen LogP contribution in [0, 0.1) is 0 Å². The fourth-order valence-corrected chi connectivity index (χ4v) is 3.06. The van der Waals surface area contributed by atoms with E-state index in [2.05, 4.69) is 31.3 Å². The summed E-state index contributed by atoms with van der Waals surface area (Å²) >= 11 is 9.32. The van der Waals surface area contributed by atoms with E-state index in [9.17, 15) is 4.79 Å². The van der Waals surface area contributed by atoms with Crippen molar-refractivity contribution in [1.29, 1.82) is 0 Å². The van der Waals surface area contributed by atoms with Gasteiger partial charge in [-0.1, -0.05) is 11.6 Å². The highest BCUT2D eigenvalue weighted by Gasteiger charge is 2.17. The first kappa shape index (κ1) is 17.4. The van der Waals surface area contributed by atoms with Gasteiger partial charge in [0.15, 0.2) is 0 Å². The predicted octanol–water partition coefficient (Wildman–Crippen LogP) is 4.16. The van der Waals surface area contributed by atoms with Crippen LogP contribution in [-0.4, -0.2) is 27.8 Å². The molecule has 8 heteroatoms. The summed E-state index contributed by atoms with van der Waals surface area (Å²) in [5.41, 5.74) is 2.56. The van der Waals surface area contributed by atoms with Gasteiger partial charge in [0.2, 0.25) is 5.88 Å². The van der Waals surface area contributed by atoms with Gasteiger partial charge in [0, 0.05) is 17.6 Å². The molecule has 1 N–H and O–H groups in total. The number of carbonyl (C=O) groups excluding carboxylic acids is 1. The van der Waals surface area contributed by atoms with Crippen molar-refractivity contribution < 1.29 is 9.53 Å². The van der Waals surface area contributed by atoms with Crippen LogP contribution in [-0.2, 0) is 7.05 Å². The van der Waals surface area contributed by atoms with Crippen LogP contribution >= 0.6 is 27.5 Å². The highest BCUT2D eigenvalue weighted by molar-refractivity contribution is 9.10. The summed E-state index contributed by atoms with van der Waals surface area (Å²) in [5.74, 6) is 0.187. The van der Waals surface area contributed by atoms with Gasteiger partial charge in [0.25, 0.3) is 5.91 Å². The molecule has 0 unspecified atom stereocenters. The number of amides is 1. The predicted molar refractivity (Wildman–Crippen MR) is 100 cm³/mol.